The van der Waals surface area contributed by atoms with Gasteiger partial charge in [0.05, 0.1) is 12.7 Å². The molecule has 6 aliphatic rings. The highest BCUT2D eigenvalue weighted by Gasteiger charge is 2.60. The molecule has 2 heterocycles. The second-order valence-corrected chi connectivity index (χ2v) is 14.7. The molecule has 6 rings (SSSR count). The summed E-state index contributed by atoms with van der Waals surface area (Å²) >= 11 is 0. The number of piperidine rings is 1. The van der Waals surface area contributed by atoms with Crippen LogP contribution in [0, 0.1) is 35.0 Å². The minimum absolute atomic E-state index is 0.000560. The highest BCUT2D eigenvalue weighted by atomic mass is 16.7. The summed E-state index contributed by atoms with van der Waals surface area (Å²) < 4.78 is 11.9. The van der Waals surface area contributed by atoms with Gasteiger partial charge in [-0.1, -0.05) is 26.2 Å². The van der Waals surface area contributed by atoms with Gasteiger partial charge in [0.1, 0.15) is 24.4 Å². The second-order valence-electron chi connectivity index (χ2n) is 14.7. The van der Waals surface area contributed by atoms with E-state index in [-0.39, 0.29) is 23.0 Å². The van der Waals surface area contributed by atoms with Crippen LogP contribution in [0.5, 0.6) is 0 Å². The number of aliphatic hydroxyl groups is 4. The predicted octanol–water partition coefficient (Wildman–Crippen LogP) is 3.38. The SMILES string of the molecule is CC12CC[C@H]3[C@@H](CCC4C[C@@H](OC5O[C@H](CO)[C@@H](O)[C@H](O)[C@H]5O)CC[C@@]43C)[C@@H]1CCCN2C(=O)C1CCCCC1. The van der Waals surface area contributed by atoms with Crippen LogP contribution in [0.1, 0.15) is 104 Å². The molecule has 3 unspecified atom stereocenters. The first-order valence-electron chi connectivity index (χ1n) is 16.4. The molecule has 0 aromatic rings. The Bertz CT molecular complexity index is 910. The van der Waals surface area contributed by atoms with Crippen molar-refractivity contribution >= 4 is 5.91 Å². The molecule has 2 saturated heterocycles. The lowest BCUT2D eigenvalue weighted by Crippen LogP contribution is -2.65. The van der Waals surface area contributed by atoms with E-state index in [0.29, 0.717) is 29.6 Å². The molecule has 0 aromatic heterocycles. The van der Waals surface area contributed by atoms with Gasteiger partial charge in [-0.05, 0) is 107 Å². The molecule has 0 bridgehead atoms. The summed E-state index contributed by atoms with van der Waals surface area (Å²) in [6.45, 7) is 5.43. The summed E-state index contributed by atoms with van der Waals surface area (Å²) in [6.07, 6.45) is 9.57. The number of hydrogen-bond acceptors (Lipinski definition) is 7. The molecule has 4 aliphatic carbocycles. The van der Waals surface area contributed by atoms with E-state index in [9.17, 15) is 25.2 Å². The standard InChI is InChI=1S/C32H53NO7/c1-31-14-12-21(39-30-28(37)27(36)26(35)25(18-34)40-30)17-20(31)10-11-22-23(31)13-15-32(2)24(22)9-6-16-33(32)29(38)19-7-4-3-5-8-19/h19-28,30,34-37H,3-18H2,1-2H3/t20?,21-,22+,23-,24-,25+,26+,27-,28+,30?,31-,32?/m0/s1. The molecule has 8 heteroatoms. The minimum atomic E-state index is -1.41. The smallest absolute Gasteiger partial charge is 0.226 e. The van der Waals surface area contributed by atoms with Crippen LogP contribution in [0.3, 0.4) is 0 Å². The fraction of sp³-hybridized carbons (Fsp3) is 0.969. The molecule has 4 saturated carbocycles. The van der Waals surface area contributed by atoms with E-state index in [1.165, 1.54) is 38.5 Å². The number of rotatable bonds is 4. The lowest BCUT2D eigenvalue weighted by Gasteiger charge is -2.64. The summed E-state index contributed by atoms with van der Waals surface area (Å²) in [5.74, 6) is 3.16. The first-order valence-corrected chi connectivity index (χ1v) is 16.4. The Morgan fingerprint density at radius 3 is 2.40 bits per heavy atom. The molecule has 2 aliphatic heterocycles. The molecule has 6 fully saturated rings. The largest absolute Gasteiger partial charge is 0.394 e. The van der Waals surface area contributed by atoms with Crippen molar-refractivity contribution < 1.29 is 34.7 Å². The molecule has 12 atom stereocenters. The molecule has 4 N–H and O–H groups in total. The van der Waals surface area contributed by atoms with Gasteiger partial charge in [-0.25, -0.2) is 0 Å². The zero-order chi connectivity index (χ0) is 28.2. The van der Waals surface area contributed by atoms with Crippen molar-refractivity contribution in [2.45, 2.75) is 146 Å². The zero-order valence-corrected chi connectivity index (χ0v) is 24.6. The Balaban J connectivity index is 1.12. The van der Waals surface area contributed by atoms with E-state index in [4.69, 9.17) is 9.47 Å². The number of nitrogens with zero attached hydrogens (tertiary/aromatic N) is 1. The number of amides is 1. The summed E-state index contributed by atoms with van der Waals surface area (Å²) in [4.78, 5) is 16.2. The number of aliphatic hydroxyl groups excluding tert-OH is 4. The monoisotopic (exact) mass is 563 g/mol. The van der Waals surface area contributed by atoms with Crippen LogP contribution < -0.4 is 0 Å². The Hall–Kier alpha value is -0.770. The van der Waals surface area contributed by atoms with Crippen LogP contribution in [0.2, 0.25) is 0 Å². The van der Waals surface area contributed by atoms with Gasteiger partial charge >= 0.3 is 0 Å². The van der Waals surface area contributed by atoms with Crippen LogP contribution in [0.4, 0.5) is 0 Å². The maximum Gasteiger partial charge on any atom is 0.226 e. The van der Waals surface area contributed by atoms with Crippen molar-refractivity contribution in [3.63, 3.8) is 0 Å². The van der Waals surface area contributed by atoms with Gasteiger partial charge in [0, 0.05) is 18.0 Å². The Labute approximate surface area is 239 Å². The topological polar surface area (TPSA) is 120 Å². The molecule has 1 amide bonds. The van der Waals surface area contributed by atoms with Crippen molar-refractivity contribution in [2.24, 2.45) is 35.0 Å². The number of ether oxygens (including phenoxy) is 2. The summed E-state index contributed by atoms with van der Waals surface area (Å²) in [5.41, 5.74) is 0.246. The van der Waals surface area contributed by atoms with E-state index in [1.807, 2.05) is 0 Å². The first kappa shape index (κ1) is 29.3. The molecule has 0 spiro atoms. The lowest BCUT2D eigenvalue weighted by atomic mass is 9.45. The quantitative estimate of drug-likeness (QED) is 0.387. The molecule has 0 aromatic carbocycles. The van der Waals surface area contributed by atoms with Crippen LogP contribution >= 0.6 is 0 Å². The number of carbonyl (C=O) groups is 1. The average Bonchev–Trinajstić information content (AvgIpc) is 2.97. The molecular formula is C32H53NO7. The molecule has 228 valence electrons. The summed E-state index contributed by atoms with van der Waals surface area (Å²) in [5, 5.41) is 40.4. The number of carbonyl (C=O) groups excluding carboxylic acids is 1. The van der Waals surface area contributed by atoms with E-state index in [2.05, 4.69) is 18.7 Å². The van der Waals surface area contributed by atoms with Gasteiger partial charge in [-0.15, -0.1) is 0 Å². The summed E-state index contributed by atoms with van der Waals surface area (Å²) in [6, 6.07) is 0. The van der Waals surface area contributed by atoms with E-state index >= 15 is 0 Å². The zero-order valence-electron chi connectivity index (χ0n) is 24.6. The number of fused-ring (bicyclic) bond motifs is 5. The van der Waals surface area contributed by atoms with Crippen molar-refractivity contribution in [2.75, 3.05) is 13.2 Å². The molecule has 8 nitrogen and oxygen atoms in total. The maximum atomic E-state index is 13.8. The molecule has 40 heavy (non-hydrogen) atoms. The highest BCUT2D eigenvalue weighted by molar-refractivity contribution is 5.80. The highest BCUT2D eigenvalue weighted by Crippen LogP contribution is 2.63. The van der Waals surface area contributed by atoms with Crippen LogP contribution in [0.15, 0.2) is 0 Å². The van der Waals surface area contributed by atoms with Crippen molar-refractivity contribution in [1.29, 1.82) is 0 Å². The van der Waals surface area contributed by atoms with Crippen LogP contribution in [0.25, 0.3) is 0 Å². The third-order valence-electron chi connectivity index (χ3n) is 12.9. The number of hydrogen-bond donors (Lipinski definition) is 4. The normalized spacial score (nSPS) is 50.0. The second kappa shape index (κ2) is 11.4. The van der Waals surface area contributed by atoms with E-state index in [1.54, 1.807) is 0 Å². The van der Waals surface area contributed by atoms with Gasteiger partial charge in [0.15, 0.2) is 6.29 Å². The average molecular weight is 564 g/mol. The predicted molar refractivity (Wildman–Crippen MR) is 149 cm³/mol. The van der Waals surface area contributed by atoms with Crippen LogP contribution in [-0.4, -0.2) is 86.7 Å². The van der Waals surface area contributed by atoms with E-state index < -0.39 is 37.3 Å². The van der Waals surface area contributed by atoms with Gasteiger partial charge in [-0.2, -0.15) is 0 Å². The lowest BCUT2D eigenvalue weighted by molar-refractivity contribution is -0.316. The molecule has 0 radical (unpaired) electrons. The van der Waals surface area contributed by atoms with Crippen molar-refractivity contribution in [1.82, 2.24) is 4.90 Å². The number of likely N-dealkylation sites (tertiary alicyclic amines) is 1. The van der Waals surface area contributed by atoms with E-state index in [0.717, 1.165) is 57.9 Å². The van der Waals surface area contributed by atoms with Gasteiger partial charge in [0.2, 0.25) is 5.91 Å². The third kappa shape index (κ3) is 4.86. The maximum absolute atomic E-state index is 13.8. The summed E-state index contributed by atoms with van der Waals surface area (Å²) in [7, 11) is 0. The van der Waals surface area contributed by atoms with Gasteiger partial charge in [0.25, 0.3) is 0 Å². The van der Waals surface area contributed by atoms with Gasteiger partial charge < -0.3 is 34.8 Å². The third-order valence-corrected chi connectivity index (χ3v) is 12.9. The van der Waals surface area contributed by atoms with Crippen molar-refractivity contribution in [3.8, 4) is 0 Å². The van der Waals surface area contributed by atoms with Crippen LogP contribution in [-0.2, 0) is 14.3 Å². The Kier molecular flexibility index (Phi) is 8.34. The van der Waals surface area contributed by atoms with Crippen molar-refractivity contribution in [3.05, 3.63) is 0 Å². The minimum Gasteiger partial charge on any atom is -0.394 e. The molecular weight excluding hydrogens is 510 g/mol. The Morgan fingerprint density at radius 2 is 1.65 bits per heavy atom. The van der Waals surface area contributed by atoms with Gasteiger partial charge in [-0.3, -0.25) is 4.79 Å². The first-order chi connectivity index (χ1) is 19.2. The Morgan fingerprint density at radius 1 is 0.875 bits per heavy atom. The fourth-order valence-corrected chi connectivity index (χ4v) is 10.5. The fourth-order valence-electron chi connectivity index (χ4n) is 10.5.